The molecule has 0 aliphatic carbocycles. The van der Waals surface area contributed by atoms with E-state index >= 15 is 0 Å². The molecule has 0 saturated carbocycles. The van der Waals surface area contributed by atoms with Crippen LogP contribution in [0.5, 0.6) is 0 Å². The summed E-state index contributed by atoms with van der Waals surface area (Å²) in [7, 11) is 0. The lowest BCUT2D eigenvalue weighted by Crippen LogP contribution is -2.25. The van der Waals surface area contributed by atoms with Gasteiger partial charge in [-0.15, -0.1) is 0 Å². The monoisotopic (exact) mass is 335 g/mol. The van der Waals surface area contributed by atoms with Gasteiger partial charge in [0.2, 0.25) is 5.91 Å². The zero-order valence-electron chi connectivity index (χ0n) is 14.3. The summed E-state index contributed by atoms with van der Waals surface area (Å²) in [6.45, 7) is 3.24. The van der Waals surface area contributed by atoms with Gasteiger partial charge in [-0.3, -0.25) is 9.59 Å². The lowest BCUT2D eigenvalue weighted by atomic mass is 9.97. The molecule has 2 aliphatic heterocycles. The van der Waals surface area contributed by atoms with E-state index in [1.54, 1.807) is 11.8 Å². The van der Waals surface area contributed by atoms with E-state index in [0.717, 1.165) is 59.6 Å². The molecule has 4 rings (SSSR count). The third kappa shape index (κ3) is 2.86. The number of fused-ring (bicyclic) bond motifs is 2. The van der Waals surface area contributed by atoms with Gasteiger partial charge in [-0.25, -0.2) is 0 Å². The maximum absolute atomic E-state index is 12.8. The van der Waals surface area contributed by atoms with Crippen molar-refractivity contribution in [3.05, 3.63) is 53.1 Å². The van der Waals surface area contributed by atoms with Crippen LogP contribution in [-0.4, -0.2) is 24.9 Å². The van der Waals surface area contributed by atoms with Crippen molar-refractivity contribution in [1.29, 1.82) is 0 Å². The Morgan fingerprint density at radius 1 is 1.16 bits per heavy atom. The summed E-state index contributed by atoms with van der Waals surface area (Å²) in [6.07, 6.45) is 2.78. The van der Waals surface area contributed by atoms with Gasteiger partial charge in [-0.2, -0.15) is 0 Å². The molecular weight excluding hydrogens is 314 g/mol. The molecule has 0 fully saturated rings. The fourth-order valence-corrected chi connectivity index (χ4v) is 3.73. The van der Waals surface area contributed by atoms with E-state index in [4.69, 9.17) is 0 Å². The molecule has 2 N–H and O–H groups in total. The Kier molecular flexibility index (Phi) is 3.92. The molecule has 0 bridgehead atoms. The molecule has 2 aromatic carbocycles. The Morgan fingerprint density at radius 2 is 2.04 bits per heavy atom. The van der Waals surface area contributed by atoms with Crippen LogP contribution in [0, 0.1) is 0 Å². The molecule has 2 amide bonds. The van der Waals surface area contributed by atoms with E-state index < -0.39 is 0 Å². The van der Waals surface area contributed by atoms with Crippen molar-refractivity contribution in [2.24, 2.45) is 0 Å². The predicted molar refractivity (Wildman–Crippen MR) is 99.4 cm³/mol. The Bertz CT molecular complexity index is 860. The number of carbonyl (C=O) groups is 2. The van der Waals surface area contributed by atoms with Crippen LogP contribution in [0.3, 0.4) is 0 Å². The molecular formula is C20H21N3O2. The van der Waals surface area contributed by atoms with Crippen molar-refractivity contribution in [2.45, 2.75) is 26.2 Å². The third-order valence-corrected chi connectivity index (χ3v) is 4.95. The average molecular weight is 335 g/mol. The van der Waals surface area contributed by atoms with Gasteiger partial charge >= 0.3 is 0 Å². The Labute approximate surface area is 147 Å². The Hall–Kier alpha value is -2.82. The lowest BCUT2D eigenvalue weighted by molar-refractivity contribution is -0.116. The highest BCUT2D eigenvalue weighted by Gasteiger charge is 2.23. The molecule has 0 aromatic heterocycles. The molecule has 5 nitrogen and oxygen atoms in total. The summed E-state index contributed by atoms with van der Waals surface area (Å²) in [5, 5.41) is 6.37. The van der Waals surface area contributed by atoms with Gasteiger partial charge in [0.05, 0.1) is 0 Å². The number of rotatable bonds is 2. The molecule has 0 saturated heterocycles. The predicted octanol–water partition coefficient (Wildman–Crippen LogP) is 3.21. The fraction of sp³-hybridized carbons (Fsp3) is 0.300. The standard InChI is InChI=1S/C20H21N3O2/c1-13(24)23-11-9-14-12-15(7-8-19(14)23)22-20(25)17-4-2-6-18-16(17)5-3-10-21-18/h2,4,6-8,12,21H,3,5,9-11H2,1H3,(H,22,25). The first-order valence-electron chi connectivity index (χ1n) is 8.71. The van der Waals surface area contributed by atoms with Crippen molar-refractivity contribution in [1.82, 2.24) is 0 Å². The number of amides is 2. The van der Waals surface area contributed by atoms with Gasteiger partial charge in [0.1, 0.15) is 0 Å². The third-order valence-electron chi connectivity index (χ3n) is 4.95. The van der Waals surface area contributed by atoms with E-state index in [0.29, 0.717) is 6.54 Å². The highest BCUT2D eigenvalue weighted by atomic mass is 16.2. The average Bonchev–Trinajstić information content (AvgIpc) is 3.04. The van der Waals surface area contributed by atoms with Gasteiger partial charge in [-0.05, 0) is 60.7 Å². The largest absolute Gasteiger partial charge is 0.385 e. The number of carbonyl (C=O) groups excluding carboxylic acids is 2. The minimum absolute atomic E-state index is 0.0546. The number of hydrogen-bond acceptors (Lipinski definition) is 3. The summed E-state index contributed by atoms with van der Waals surface area (Å²) in [4.78, 5) is 26.2. The summed E-state index contributed by atoms with van der Waals surface area (Å²) >= 11 is 0. The Balaban J connectivity index is 1.57. The van der Waals surface area contributed by atoms with Crippen molar-refractivity contribution < 1.29 is 9.59 Å². The fourth-order valence-electron chi connectivity index (χ4n) is 3.73. The van der Waals surface area contributed by atoms with Gasteiger partial charge in [0.15, 0.2) is 0 Å². The van der Waals surface area contributed by atoms with Crippen LogP contribution in [0.2, 0.25) is 0 Å². The normalized spacial score (nSPS) is 15.2. The molecule has 2 aliphatic rings. The van der Waals surface area contributed by atoms with Crippen LogP contribution in [0.4, 0.5) is 17.1 Å². The van der Waals surface area contributed by atoms with Gasteiger partial charge in [0, 0.05) is 42.6 Å². The van der Waals surface area contributed by atoms with E-state index in [-0.39, 0.29) is 11.8 Å². The van der Waals surface area contributed by atoms with Gasteiger partial charge < -0.3 is 15.5 Å². The first-order chi connectivity index (χ1) is 12.1. The van der Waals surface area contributed by atoms with E-state index in [2.05, 4.69) is 10.6 Å². The molecule has 128 valence electrons. The van der Waals surface area contributed by atoms with Crippen LogP contribution in [0.25, 0.3) is 0 Å². The number of hydrogen-bond donors (Lipinski definition) is 2. The maximum Gasteiger partial charge on any atom is 0.256 e. The van der Waals surface area contributed by atoms with Crippen molar-refractivity contribution in [3.8, 4) is 0 Å². The Morgan fingerprint density at radius 3 is 2.88 bits per heavy atom. The SMILES string of the molecule is CC(=O)N1CCc2cc(NC(=O)c3cccc4c3CCCN4)ccc21. The topological polar surface area (TPSA) is 61.4 Å². The molecule has 25 heavy (non-hydrogen) atoms. The summed E-state index contributed by atoms with van der Waals surface area (Å²) in [5.41, 5.74) is 5.71. The zero-order chi connectivity index (χ0) is 17.4. The second-order valence-corrected chi connectivity index (χ2v) is 6.58. The van der Waals surface area contributed by atoms with Crippen LogP contribution in [0.15, 0.2) is 36.4 Å². The first-order valence-corrected chi connectivity index (χ1v) is 8.71. The minimum atomic E-state index is -0.0816. The van der Waals surface area contributed by atoms with Gasteiger partial charge in [0.25, 0.3) is 5.91 Å². The number of nitrogens with one attached hydrogen (secondary N) is 2. The number of nitrogens with zero attached hydrogens (tertiary/aromatic N) is 1. The number of benzene rings is 2. The van der Waals surface area contributed by atoms with Crippen molar-refractivity contribution >= 4 is 28.9 Å². The molecule has 0 spiro atoms. The molecule has 5 heteroatoms. The highest BCUT2D eigenvalue weighted by Crippen LogP contribution is 2.31. The van der Waals surface area contributed by atoms with Crippen molar-refractivity contribution in [2.75, 3.05) is 28.6 Å². The smallest absolute Gasteiger partial charge is 0.256 e. The second-order valence-electron chi connectivity index (χ2n) is 6.58. The maximum atomic E-state index is 12.8. The highest BCUT2D eigenvalue weighted by molar-refractivity contribution is 6.06. The first kappa shape index (κ1) is 15.7. The summed E-state index contributed by atoms with van der Waals surface area (Å²) in [6, 6.07) is 11.6. The summed E-state index contributed by atoms with van der Waals surface area (Å²) < 4.78 is 0. The van der Waals surface area contributed by atoms with E-state index in [9.17, 15) is 9.59 Å². The second kappa shape index (κ2) is 6.24. The van der Waals surface area contributed by atoms with Crippen LogP contribution < -0.4 is 15.5 Å². The lowest BCUT2D eigenvalue weighted by Gasteiger charge is -2.20. The summed E-state index contributed by atoms with van der Waals surface area (Å²) in [5.74, 6) is -0.0270. The molecule has 2 aromatic rings. The van der Waals surface area contributed by atoms with Gasteiger partial charge in [-0.1, -0.05) is 6.07 Å². The van der Waals surface area contributed by atoms with Crippen LogP contribution >= 0.6 is 0 Å². The quantitative estimate of drug-likeness (QED) is 0.886. The minimum Gasteiger partial charge on any atom is -0.385 e. The van der Waals surface area contributed by atoms with Crippen molar-refractivity contribution in [3.63, 3.8) is 0 Å². The number of anilines is 3. The molecule has 0 radical (unpaired) electrons. The molecule has 2 heterocycles. The zero-order valence-corrected chi connectivity index (χ0v) is 14.3. The van der Waals surface area contributed by atoms with E-state index in [1.165, 1.54) is 0 Å². The van der Waals surface area contributed by atoms with E-state index in [1.807, 2.05) is 36.4 Å². The molecule has 0 atom stereocenters. The molecule has 0 unspecified atom stereocenters. The van der Waals surface area contributed by atoms with Crippen LogP contribution in [0.1, 0.15) is 34.8 Å². The van der Waals surface area contributed by atoms with Crippen LogP contribution in [-0.2, 0) is 17.6 Å².